The minimum atomic E-state index is 0.0555. The lowest BCUT2D eigenvalue weighted by Gasteiger charge is -2.17. The Hall–Kier alpha value is -1.59. The summed E-state index contributed by atoms with van der Waals surface area (Å²) in [5, 5.41) is 2.87. The maximum absolute atomic E-state index is 11.6. The normalized spacial score (nSPS) is 10.7. The van der Waals surface area contributed by atoms with E-state index in [0.29, 0.717) is 19.6 Å². The molecule has 0 fully saturated rings. The van der Waals surface area contributed by atoms with Crippen molar-refractivity contribution < 1.29 is 9.53 Å². The van der Waals surface area contributed by atoms with E-state index in [1.165, 1.54) is 0 Å². The first-order chi connectivity index (χ1) is 9.60. The molecule has 0 heterocycles. The number of likely N-dealkylation sites (N-methyl/N-ethyl adjacent to an activating group) is 1. The van der Waals surface area contributed by atoms with Gasteiger partial charge in [0.25, 0.3) is 0 Å². The summed E-state index contributed by atoms with van der Waals surface area (Å²) in [7, 11) is 3.56. The highest BCUT2D eigenvalue weighted by atomic mass is 16.5. The summed E-state index contributed by atoms with van der Waals surface area (Å²) < 4.78 is 5.31. The number of methoxy groups -OCH3 is 1. The number of rotatable bonds is 8. The van der Waals surface area contributed by atoms with Crippen LogP contribution in [-0.4, -0.2) is 38.1 Å². The van der Waals surface area contributed by atoms with Gasteiger partial charge in [0.05, 0.1) is 13.7 Å². The second kappa shape index (κ2) is 8.55. The fourth-order valence-corrected chi connectivity index (χ4v) is 1.99. The van der Waals surface area contributed by atoms with E-state index in [1.54, 1.807) is 7.11 Å². The summed E-state index contributed by atoms with van der Waals surface area (Å²) in [6.45, 7) is 4.31. The average Bonchev–Trinajstić information content (AvgIpc) is 2.44. The molecule has 0 aliphatic rings. The molecule has 0 radical (unpaired) electrons. The number of ether oxygens (including phenoxy) is 1. The first kappa shape index (κ1) is 16.5. The summed E-state index contributed by atoms with van der Waals surface area (Å²) in [5.74, 6) is 0.855. The van der Waals surface area contributed by atoms with Crippen LogP contribution in [0.15, 0.2) is 18.2 Å². The van der Waals surface area contributed by atoms with Crippen molar-refractivity contribution in [2.45, 2.75) is 26.4 Å². The fourth-order valence-electron chi connectivity index (χ4n) is 1.99. The van der Waals surface area contributed by atoms with E-state index in [0.717, 1.165) is 29.8 Å². The SMILES string of the molecule is CCCNC(=O)CN(C)Cc1ccc(CN)c(OC)c1. The van der Waals surface area contributed by atoms with Crippen molar-refractivity contribution in [2.24, 2.45) is 5.73 Å². The summed E-state index contributed by atoms with van der Waals surface area (Å²) >= 11 is 0. The molecule has 1 aromatic carbocycles. The van der Waals surface area contributed by atoms with Gasteiger partial charge in [-0.1, -0.05) is 19.1 Å². The van der Waals surface area contributed by atoms with Crippen LogP contribution >= 0.6 is 0 Å². The molecule has 5 heteroatoms. The maximum Gasteiger partial charge on any atom is 0.234 e. The summed E-state index contributed by atoms with van der Waals surface area (Å²) in [5.41, 5.74) is 7.73. The van der Waals surface area contributed by atoms with Gasteiger partial charge in [0, 0.05) is 25.2 Å². The van der Waals surface area contributed by atoms with Crippen LogP contribution in [0.3, 0.4) is 0 Å². The molecule has 0 atom stereocenters. The molecule has 0 saturated carbocycles. The summed E-state index contributed by atoms with van der Waals surface area (Å²) in [6.07, 6.45) is 0.952. The topological polar surface area (TPSA) is 67.6 Å². The van der Waals surface area contributed by atoms with Crippen LogP contribution in [0, 0.1) is 0 Å². The van der Waals surface area contributed by atoms with Gasteiger partial charge in [-0.25, -0.2) is 0 Å². The van der Waals surface area contributed by atoms with E-state index in [1.807, 2.05) is 37.1 Å². The third-order valence-electron chi connectivity index (χ3n) is 3.01. The Morgan fingerprint density at radius 2 is 2.20 bits per heavy atom. The lowest BCUT2D eigenvalue weighted by molar-refractivity contribution is -0.122. The highest BCUT2D eigenvalue weighted by molar-refractivity contribution is 5.77. The lowest BCUT2D eigenvalue weighted by atomic mass is 10.1. The Bertz CT molecular complexity index is 435. The van der Waals surface area contributed by atoms with E-state index < -0.39 is 0 Å². The highest BCUT2D eigenvalue weighted by Crippen LogP contribution is 2.20. The van der Waals surface area contributed by atoms with Crippen molar-refractivity contribution >= 4 is 5.91 Å². The van der Waals surface area contributed by atoms with Gasteiger partial charge in [-0.05, 0) is 25.1 Å². The van der Waals surface area contributed by atoms with Gasteiger partial charge < -0.3 is 15.8 Å². The minimum absolute atomic E-state index is 0.0555. The van der Waals surface area contributed by atoms with Crippen LogP contribution in [0.5, 0.6) is 5.75 Å². The van der Waals surface area contributed by atoms with E-state index in [4.69, 9.17) is 10.5 Å². The zero-order chi connectivity index (χ0) is 15.0. The fraction of sp³-hybridized carbons (Fsp3) is 0.533. The highest BCUT2D eigenvalue weighted by Gasteiger charge is 2.08. The molecular weight excluding hydrogens is 254 g/mol. The Labute approximate surface area is 121 Å². The zero-order valence-corrected chi connectivity index (χ0v) is 12.6. The number of carbonyl (C=O) groups excluding carboxylic acids is 1. The molecular formula is C15H25N3O2. The van der Waals surface area contributed by atoms with Crippen molar-refractivity contribution in [1.82, 2.24) is 10.2 Å². The molecule has 5 nitrogen and oxygen atoms in total. The Morgan fingerprint density at radius 1 is 1.45 bits per heavy atom. The first-order valence-corrected chi connectivity index (χ1v) is 6.91. The molecule has 20 heavy (non-hydrogen) atoms. The molecule has 3 N–H and O–H groups in total. The Balaban J connectivity index is 2.57. The van der Waals surface area contributed by atoms with Crippen molar-refractivity contribution in [2.75, 3.05) is 27.2 Å². The number of nitrogens with one attached hydrogen (secondary N) is 1. The molecule has 1 rings (SSSR count). The van der Waals surface area contributed by atoms with Gasteiger partial charge in [-0.2, -0.15) is 0 Å². The molecule has 0 bridgehead atoms. The Kier molecular flexibility index (Phi) is 7.04. The monoisotopic (exact) mass is 279 g/mol. The Morgan fingerprint density at radius 3 is 2.80 bits per heavy atom. The van der Waals surface area contributed by atoms with E-state index >= 15 is 0 Å². The van der Waals surface area contributed by atoms with Crippen molar-refractivity contribution in [3.8, 4) is 5.75 Å². The van der Waals surface area contributed by atoms with Gasteiger partial charge >= 0.3 is 0 Å². The number of hydrogen-bond acceptors (Lipinski definition) is 4. The predicted octanol–water partition coefficient (Wildman–Crippen LogP) is 1.11. The molecule has 0 unspecified atom stereocenters. The van der Waals surface area contributed by atoms with Crippen LogP contribution in [0.1, 0.15) is 24.5 Å². The van der Waals surface area contributed by atoms with Crippen molar-refractivity contribution in [3.05, 3.63) is 29.3 Å². The number of nitrogens with two attached hydrogens (primary N) is 1. The number of benzene rings is 1. The average molecular weight is 279 g/mol. The van der Waals surface area contributed by atoms with Crippen LogP contribution in [0.25, 0.3) is 0 Å². The van der Waals surface area contributed by atoms with Gasteiger partial charge in [0.2, 0.25) is 5.91 Å². The second-order valence-electron chi connectivity index (χ2n) is 4.87. The number of nitrogens with zero attached hydrogens (tertiary/aromatic N) is 1. The summed E-state index contributed by atoms with van der Waals surface area (Å²) in [4.78, 5) is 13.6. The predicted molar refractivity (Wildman–Crippen MR) is 80.5 cm³/mol. The standard InChI is InChI=1S/C15H25N3O2/c1-4-7-17-15(19)11-18(2)10-12-5-6-13(9-16)14(8-12)20-3/h5-6,8H,4,7,9-11,16H2,1-3H3,(H,17,19). The molecule has 0 aliphatic heterocycles. The molecule has 0 spiro atoms. The van der Waals surface area contributed by atoms with Crippen molar-refractivity contribution in [1.29, 1.82) is 0 Å². The molecule has 112 valence electrons. The molecule has 1 amide bonds. The summed E-state index contributed by atoms with van der Waals surface area (Å²) in [6, 6.07) is 5.97. The van der Waals surface area contributed by atoms with Gasteiger partial charge in [-0.15, -0.1) is 0 Å². The van der Waals surface area contributed by atoms with E-state index in [2.05, 4.69) is 5.32 Å². The van der Waals surface area contributed by atoms with Gasteiger partial charge in [-0.3, -0.25) is 9.69 Å². The van der Waals surface area contributed by atoms with Crippen LogP contribution in [0.4, 0.5) is 0 Å². The third-order valence-corrected chi connectivity index (χ3v) is 3.01. The number of carbonyl (C=O) groups is 1. The van der Waals surface area contributed by atoms with Gasteiger partial charge in [0.15, 0.2) is 0 Å². The molecule has 0 saturated heterocycles. The molecule has 0 aliphatic carbocycles. The molecule has 1 aromatic rings. The van der Waals surface area contributed by atoms with Crippen LogP contribution in [-0.2, 0) is 17.9 Å². The zero-order valence-electron chi connectivity index (χ0n) is 12.6. The first-order valence-electron chi connectivity index (χ1n) is 6.91. The maximum atomic E-state index is 11.6. The largest absolute Gasteiger partial charge is 0.496 e. The second-order valence-corrected chi connectivity index (χ2v) is 4.87. The smallest absolute Gasteiger partial charge is 0.234 e. The third kappa shape index (κ3) is 5.19. The molecule has 0 aromatic heterocycles. The quantitative estimate of drug-likeness (QED) is 0.748. The van der Waals surface area contributed by atoms with E-state index in [-0.39, 0.29) is 5.91 Å². The minimum Gasteiger partial charge on any atom is -0.496 e. The van der Waals surface area contributed by atoms with E-state index in [9.17, 15) is 4.79 Å². The number of hydrogen-bond donors (Lipinski definition) is 2. The van der Waals surface area contributed by atoms with Crippen LogP contribution < -0.4 is 15.8 Å². The van der Waals surface area contributed by atoms with Gasteiger partial charge in [0.1, 0.15) is 5.75 Å². The number of amides is 1. The lowest BCUT2D eigenvalue weighted by Crippen LogP contribution is -2.35. The van der Waals surface area contributed by atoms with Crippen molar-refractivity contribution in [3.63, 3.8) is 0 Å². The van der Waals surface area contributed by atoms with Crippen LogP contribution in [0.2, 0.25) is 0 Å².